The summed E-state index contributed by atoms with van der Waals surface area (Å²) in [5.74, 6) is 0. The second-order valence-electron chi connectivity index (χ2n) is 0.289. The summed E-state index contributed by atoms with van der Waals surface area (Å²) in [6.45, 7) is 0. The second kappa shape index (κ2) is 9.34. The van der Waals surface area contributed by atoms with Crippen LogP contribution in [0, 0.1) is 0 Å². The summed E-state index contributed by atoms with van der Waals surface area (Å²) in [6, 6.07) is 0. The topological polar surface area (TPSA) is 69.2 Å². The third-order valence-corrected chi connectivity index (χ3v) is 0. The second-order valence-corrected chi connectivity index (χ2v) is 0.289. The number of rotatable bonds is 0. The van der Waals surface area contributed by atoms with Crippen molar-refractivity contribution in [2.45, 2.75) is 0 Å². The van der Waals surface area contributed by atoms with Gasteiger partial charge in [-0.2, -0.15) is 0 Å². The summed E-state index contributed by atoms with van der Waals surface area (Å²) in [5.41, 5.74) is 0. The predicted octanol–water partition coefficient (Wildman–Crippen LogP) is -6.95. The molecule has 0 aromatic carbocycles. The van der Waals surface area contributed by atoms with Crippen LogP contribution in [0.2, 0.25) is 0 Å². The van der Waals surface area contributed by atoms with Crippen LogP contribution in [-0.4, -0.2) is 7.32 Å². The van der Waals surface area contributed by atoms with Gasteiger partial charge in [0.1, 0.15) is 0 Å². The molecular formula is BBrFeO3. The van der Waals surface area contributed by atoms with Gasteiger partial charge in [0.05, 0.1) is 0 Å². The molecule has 3 nitrogen and oxygen atoms in total. The molecule has 0 aliphatic carbocycles. The third kappa shape index (κ3) is 86.2. The molecule has 0 aliphatic rings. The molecule has 0 spiro atoms. The number of halogens is 1. The summed E-state index contributed by atoms with van der Waals surface area (Å²) >= 11 is 0. The first-order valence-corrected chi connectivity index (χ1v) is 0.707. The maximum Gasteiger partial charge on any atom is 4.00 e. The molecule has 6 heteroatoms. The van der Waals surface area contributed by atoms with Crippen molar-refractivity contribution < 1.29 is 49.1 Å². The van der Waals surface area contributed by atoms with Crippen LogP contribution >= 0.6 is 0 Å². The molecule has 0 amide bonds. The van der Waals surface area contributed by atoms with Crippen molar-refractivity contribution in [1.29, 1.82) is 0 Å². The van der Waals surface area contributed by atoms with Crippen molar-refractivity contribution in [3.8, 4) is 0 Å². The van der Waals surface area contributed by atoms with Crippen LogP contribution in [0.5, 0.6) is 0 Å². The molecule has 0 unspecified atom stereocenters. The fourth-order valence-electron chi connectivity index (χ4n) is 0. The smallest absolute Gasteiger partial charge is 1.00 e. The maximum atomic E-state index is 8.42. The predicted molar refractivity (Wildman–Crippen MR) is 5.75 cm³/mol. The van der Waals surface area contributed by atoms with E-state index in [1.165, 1.54) is 0 Å². The first kappa shape index (κ1) is 15.8. The molecule has 0 radical (unpaired) electrons. The Labute approximate surface area is 56.8 Å². The standard InChI is InChI=1S/BO3.BrH.Fe/c2-1(3)4;;/h;1H;/q-3;;+4/p-1. The summed E-state index contributed by atoms with van der Waals surface area (Å²) in [6.07, 6.45) is 0. The molecule has 0 aromatic rings. The van der Waals surface area contributed by atoms with Crippen molar-refractivity contribution in [2.75, 3.05) is 0 Å². The Morgan fingerprint density at radius 2 is 1.00 bits per heavy atom. The monoisotopic (exact) mass is 194 g/mol. The third-order valence-electron chi connectivity index (χ3n) is 0. The van der Waals surface area contributed by atoms with E-state index in [1.54, 1.807) is 0 Å². The maximum absolute atomic E-state index is 8.42. The zero-order valence-corrected chi connectivity index (χ0v) is 5.22. The van der Waals surface area contributed by atoms with Crippen molar-refractivity contribution in [3.05, 3.63) is 0 Å². The van der Waals surface area contributed by atoms with E-state index >= 15 is 0 Å². The van der Waals surface area contributed by atoms with Crippen molar-refractivity contribution in [3.63, 3.8) is 0 Å². The van der Waals surface area contributed by atoms with Gasteiger partial charge in [-0.3, -0.25) is 7.32 Å². The zero-order valence-electron chi connectivity index (χ0n) is 2.53. The van der Waals surface area contributed by atoms with Crippen LogP contribution in [0.1, 0.15) is 0 Å². The minimum atomic E-state index is -2.92. The molecule has 0 N–H and O–H groups in total. The molecule has 6 heavy (non-hydrogen) atoms. The summed E-state index contributed by atoms with van der Waals surface area (Å²) in [7, 11) is -2.92. The van der Waals surface area contributed by atoms with Crippen LogP contribution < -0.4 is 32.1 Å². The van der Waals surface area contributed by atoms with Crippen molar-refractivity contribution in [2.24, 2.45) is 0 Å². The number of hydrogen-bond acceptors (Lipinski definition) is 3. The largest absolute Gasteiger partial charge is 4.00 e. The Bertz CT molecular complexity index is 15.5. The van der Waals surface area contributed by atoms with Crippen LogP contribution in [0.3, 0.4) is 0 Å². The van der Waals surface area contributed by atoms with Gasteiger partial charge in [0.25, 0.3) is 0 Å². The van der Waals surface area contributed by atoms with Crippen LogP contribution in [-0.2, 0) is 17.1 Å². The molecule has 0 saturated carbocycles. The molecule has 0 aliphatic heterocycles. The van der Waals surface area contributed by atoms with Gasteiger partial charge >= 0.3 is 17.1 Å². The van der Waals surface area contributed by atoms with Crippen molar-refractivity contribution in [1.82, 2.24) is 0 Å². The van der Waals surface area contributed by atoms with Crippen LogP contribution in [0.25, 0.3) is 0 Å². The summed E-state index contributed by atoms with van der Waals surface area (Å²) < 4.78 is 0. The Kier molecular flexibility index (Phi) is 24.6. The molecule has 0 heterocycles. The zero-order chi connectivity index (χ0) is 3.58. The van der Waals surface area contributed by atoms with Gasteiger partial charge in [0, 0.05) is 0 Å². The van der Waals surface area contributed by atoms with Gasteiger partial charge in [-0.05, 0) is 0 Å². The van der Waals surface area contributed by atoms with E-state index in [0.29, 0.717) is 0 Å². The minimum absolute atomic E-state index is 0. The van der Waals surface area contributed by atoms with Gasteiger partial charge in [-0.1, -0.05) is 0 Å². The Balaban J connectivity index is -0.0000000450. The Morgan fingerprint density at radius 3 is 1.00 bits per heavy atom. The number of hydrogen-bond donors (Lipinski definition) is 0. The van der Waals surface area contributed by atoms with E-state index in [-0.39, 0.29) is 34.1 Å². The van der Waals surface area contributed by atoms with Crippen LogP contribution in [0.4, 0.5) is 0 Å². The molecule has 0 atom stereocenters. The van der Waals surface area contributed by atoms with Gasteiger partial charge in [-0.15, -0.1) is 0 Å². The summed E-state index contributed by atoms with van der Waals surface area (Å²) in [4.78, 5) is 0. The Morgan fingerprint density at radius 1 is 1.00 bits per heavy atom. The van der Waals surface area contributed by atoms with Gasteiger partial charge < -0.3 is 32.1 Å². The van der Waals surface area contributed by atoms with Gasteiger partial charge in [-0.25, -0.2) is 0 Å². The van der Waals surface area contributed by atoms with E-state index in [0.717, 1.165) is 0 Å². The van der Waals surface area contributed by atoms with Crippen molar-refractivity contribution >= 4 is 7.32 Å². The quantitative estimate of drug-likeness (QED) is 0.360. The molecule has 0 saturated heterocycles. The fraction of sp³-hybridized carbons (Fsp3) is 0. The molecule has 0 aromatic heterocycles. The molecule has 0 fully saturated rings. The summed E-state index contributed by atoms with van der Waals surface area (Å²) in [5, 5.41) is 25.2. The normalized spacial score (nSPS) is 4.50. The average molecular weight is 195 g/mol. The van der Waals surface area contributed by atoms with E-state index in [1.807, 2.05) is 0 Å². The molecular weight excluding hydrogens is 195 g/mol. The van der Waals surface area contributed by atoms with Gasteiger partial charge in [0.15, 0.2) is 0 Å². The van der Waals surface area contributed by atoms with E-state index in [9.17, 15) is 0 Å². The SMILES string of the molecule is [Br-].[Fe+4].[O-]B([O-])[O-]. The Hall–Kier alpha value is 0.944. The first-order valence-electron chi connectivity index (χ1n) is 0.707. The van der Waals surface area contributed by atoms with E-state index in [4.69, 9.17) is 15.1 Å². The molecule has 0 rings (SSSR count). The molecule has 36 valence electrons. The van der Waals surface area contributed by atoms with Crippen LogP contribution in [0.15, 0.2) is 0 Å². The van der Waals surface area contributed by atoms with E-state index in [2.05, 4.69) is 0 Å². The van der Waals surface area contributed by atoms with E-state index < -0.39 is 7.32 Å². The minimum Gasteiger partial charge on any atom is -1.00 e. The fourth-order valence-corrected chi connectivity index (χ4v) is 0. The average Bonchev–Trinajstić information content (AvgIpc) is 0.811. The van der Waals surface area contributed by atoms with Gasteiger partial charge in [0.2, 0.25) is 0 Å². The first-order chi connectivity index (χ1) is 1.73. The molecule has 0 bridgehead atoms.